The maximum atomic E-state index is 10.7. The van der Waals surface area contributed by atoms with E-state index in [0.29, 0.717) is 25.2 Å². The normalized spacial score (nSPS) is 15.9. The second-order valence-electron chi connectivity index (χ2n) is 4.04. The number of hydrogen-bond donors (Lipinski definition) is 1. The minimum Gasteiger partial charge on any atom is -0.512 e. The van der Waals surface area contributed by atoms with Gasteiger partial charge in [-0.3, -0.25) is 9.59 Å². The molecule has 1 atom stereocenters. The van der Waals surface area contributed by atoms with E-state index in [4.69, 9.17) is 5.11 Å². The van der Waals surface area contributed by atoms with Gasteiger partial charge in [0.15, 0.2) is 0 Å². The van der Waals surface area contributed by atoms with E-state index < -0.39 is 17.9 Å². The van der Waals surface area contributed by atoms with Gasteiger partial charge in [-0.2, -0.15) is 0 Å². The molecule has 0 aliphatic carbocycles. The van der Waals surface area contributed by atoms with Crippen LogP contribution in [0, 0.1) is 5.92 Å². The average molecular weight is 272 g/mol. The lowest BCUT2D eigenvalue weighted by Crippen LogP contribution is -2.20. The first-order chi connectivity index (χ1) is 8.81. The lowest BCUT2D eigenvalue weighted by Gasteiger charge is -2.11. The van der Waals surface area contributed by atoms with E-state index in [1.165, 1.54) is 6.92 Å². The smallest absolute Gasteiger partial charge is 0.337 e. The molecule has 0 bridgehead atoms. The van der Waals surface area contributed by atoms with Crippen LogP contribution in [-0.4, -0.2) is 36.0 Å². The van der Waals surface area contributed by atoms with Gasteiger partial charge in [0.25, 0.3) is 0 Å². The summed E-state index contributed by atoms with van der Waals surface area (Å²) in [7, 11) is 0. The molecule has 1 aliphatic heterocycles. The monoisotopic (exact) mass is 272 g/mol. The molecule has 0 saturated heterocycles. The number of carbonyl (C=O) groups excluding carboxylic acids is 3. The number of ether oxygens (including phenoxy) is 2. The third-order valence-electron chi connectivity index (χ3n) is 2.56. The van der Waals surface area contributed by atoms with Crippen molar-refractivity contribution < 1.29 is 29.0 Å². The summed E-state index contributed by atoms with van der Waals surface area (Å²) in [6.07, 6.45) is 0.456. The summed E-state index contributed by atoms with van der Waals surface area (Å²) in [6.45, 7) is 6.82. The molecule has 0 aromatic carbocycles. The first kappa shape index (κ1) is 17.2. The Morgan fingerprint density at radius 1 is 1.47 bits per heavy atom. The Kier molecular flexibility index (Phi) is 7.48. The van der Waals surface area contributed by atoms with Gasteiger partial charge in [-0.15, -0.1) is 0 Å². The molecule has 0 aromatic heterocycles. The average Bonchev–Trinajstić information content (AvgIpc) is 2.36. The first-order valence-corrected chi connectivity index (χ1v) is 6.04. The zero-order valence-corrected chi connectivity index (χ0v) is 11.7. The highest BCUT2D eigenvalue weighted by Gasteiger charge is 2.18. The minimum atomic E-state index is -0.611. The largest absolute Gasteiger partial charge is 0.512 e. The molecule has 1 rings (SSSR count). The SMILES string of the molecule is CC1=C(O)CCOC1=O.CCOC(=O)C(C)C(C)=O. The predicted molar refractivity (Wildman–Crippen MR) is 67.4 cm³/mol. The third kappa shape index (κ3) is 6.03. The van der Waals surface area contributed by atoms with E-state index in [2.05, 4.69) is 9.47 Å². The topological polar surface area (TPSA) is 89.9 Å². The van der Waals surface area contributed by atoms with Gasteiger partial charge in [-0.25, -0.2) is 4.79 Å². The predicted octanol–water partition coefficient (Wildman–Crippen LogP) is 1.54. The van der Waals surface area contributed by atoms with Crippen LogP contribution in [-0.2, 0) is 23.9 Å². The zero-order chi connectivity index (χ0) is 15.0. The van der Waals surface area contributed by atoms with Crippen molar-refractivity contribution in [2.75, 3.05) is 13.2 Å². The van der Waals surface area contributed by atoms with E-state index in [0.717, 1.165) is 0 Å². The summed E-state index contributed by atoms with van der Waals surface area (Å²) in [5, 5.41) is 8.93. The molecule has 1 unspecified atom stereocenters. The van der Waals surface area contributed by atoms with E-state index in [1.54, 1.807) is 20.8 Å². The molecule has 0 saturated carbocycles. The molecule has 108 valence electrons. The minimum absolute atomic E-state index is 0.154. The third-order valence-corrected chi connectivity index (χ3v) is 2.56. The van der Waals surface area contributed by atoms with Gasteiger partial charge in [0, 0.05) is 6.42 Å². The van der Waals surface area contributed by atoms with Crippen LogP contribution in [0.4, 0.5) is 0 Å². The van der Waals surface area contributed by atoms with Crippen LogP contribution in [0.5, 0.6) is 0 Å². The number of esters is 2. The molecule has 19 heavy (non-hydrogen) atoms. The summed E-state index contributed by atoms with van der Waals surface area (Å²) in [5.74, 6) is -1.45. The van der Waals surface area contributed by atoms with Crippen LogP contribution in [0.15, 0.2) is 11.3 Å². The number of aliphatic hydroxyl groups excluding tert-OH is 1. The first-order valence-electron chi connectivity index (χ1n) is 6.04. The summed E-state index contributed by atoms with van der Waals surface area (Å²) in [5.41, 5.74) is 0.334. The van der Waals surface area contributed by atoms with Crippen LogP contribution in [0.25, 0.3) is 0 Å². The molecule has 0 aromatic rings. The molecule has 0 radical (unpaired) electrons. The Bertz CT molecular complexity index is 383. The quantitative estimate of drug-likeness (QED) is 0.619. The van der Waals surface area contributed by atoms with Crippen LogP contribution >= 0.6 is 0 Å². The van der Waals surface area contributed by atoms with Crippen molar-refractivity contribution in [1.82, 2.24) is 0 Å². The molecule has 1 heterocycles. The van der Waals surface area contributed by atoms with E-state index in [9.17, 15) is 14.4 Å². The molecule has 1 N–H and O–H groups in total. The molecular formula is C13H20O6. The number of ketones is 1. The second kappa shape index (κ2) is 8.29. The van der Waals surface area contributed by atoms with Gasteiger partial charge in [0.1, 0.15) is 17.5 Å². The molecule has 0 spiro atoms. The summed E-state index contributed by atoms with van der Waals surface area (Å²) in [4.78, 5) is 31.9. The standard InChI is InChI=1S/C7H12O3.C6H8O3/c1-4-10-7(9)5(2)6(3)8;1-4-5(7)2-3-9-6(4)8/h5H,4H2,1-3H3;7H,2-3H2,1H3. The molecule has 1 aliphatic rings. The van der Waals surface area contributed by atoms with Crippen molar-refractivity contribution in [1.29, 1.82) is 0 Å². The van der Waals surface area contributed by atoms with Crippen LogP contribution in [0.3, 0.4) is 0 Å². The molecule has 6 nitrogen and oxygen atoms in total. The molecular weight excluding hydrogens is 252 g/mol. The number of carbonyl (C=O) groups is 3. The van der Waals surface area contributed by atoms with Crippen molar-refractivity contribution in [3.05, 3.63) is 11.3 Å². The Morgan fingerprint density at radius 3 is 2.42 bits per heavy atom. The van der Waals surface area contributed by atoms with Gasteiger partial charge in [-0.05, 0) is 27.7 Å². The van der Waals surface area contributed by atoms with Gasteiger partial charge in [0.05, 0.1) is 18.8 Å². The zero-order valence-electron chi connectivity index (χ0n) is 11.7. The molecule has 6 heteroatoms. The van der Waals surface area contributed by atoms with Crippen LogP contribution in [0.2, 0.25) is 0 Å². The van der Waals surface area contributed by atoms with Gasteiger partial charge in [-0.1, -0.05) is 0 Å². The molecule has 0 amide bonds. The number of hydrogen-bond acceptors (Lipinski definition) is 6. The Balaban J connectivity index is 0.000000342. The van der Waals surface area contributed by atoms with Crippen molar-refractivity contribution in [2.45, 2.75) is 34.1 Å². The van der Waals surface area contributed by atoms with E-state index in [-0.39, 0.29) is 11.5 Å². The fourth-order valence-corrected chi connectivity index (χ4v) is 1.09. The Morgan fingerprint density at radius 2 is 2.05 bits per heavy atom. The number of rotatable bonds is 3. The van der Waals surface area contributed by atoms with E-state index in [1.807, 2.05) is 0 Å². The van der Waals surface area contributed by atoms with Crippen LogP contribution < -0.4 is 0 Å². The highest BCUT2D eigenvalue weighted by molar-refractivity contribution is 5.97. The lowest BCUT2D eigenvalue weighted by molar-refractivity contribution is -0.150. The highest BCUT2D eigenvalue weighted by atomic mass is 16.5. The molecule has 0 fully saturated rings. The fraction of sp³-hybridized carbons (Fsp3) is 0.615. The maximum Gasteiger partial charge on any atom is 0.337 e. The van der Waals surface area contributed by atoms with Crippen molar-refractivity contribution in [3.8, 4) is 0 Å². The Hall–Kier alpha value is -1.85. The Labute approximate surface area is 112 Å². The van der Waals surface area contributed by atoms with Crippen molar-refractivity contribution >= 4 is 17.7 Å². The number of cyclic esters (lactones) is 1. The second-order valence-corrected chi connectivity index (χ2v) is 4.04. The summed E-state index contributed by atoms with van der Waals surface area (Å²) < 4.78 is 9.21. The number of aliphatic hydroxyl groups is 1. The lowest BCUT2D eigenvalue weighted by atomic mass is 10.1. The highest BCUT2D eigenvalue weighted by Crippen LogP contribution is 2.12. The van der Waals surface area contributed by atoms with Crippen molar-refractivity contribution in [2.24, 2.45) is 5.92 Å². The number of Topliss-reactive ketones (excluding diaryl/α,β-unsaturated/α-hetero) is 1. The van der Waals surface area contributed by atoms with Crippen molar-refractivity contribution in [3.63, 3.8) is 0 Å². The van der Waals surface area contributed by atoms with Crippen LogP contribution in [0.1, 0.15) is 34.1 Å². The van der Waals surface area contributed by atoms with Gasteiger partial charge in [0.2, 0.25) is 0 Å². The maximum absolute atomic E-state index is 10.7. The summed E-state index contributed by atoms with van der Waals surface area (Å²) in [6, 6.07) is 0. The van der Waals surface area contributed by atoms with Gasteiger partial charge >= 0.3 is 11.9 Å². The van der Waals surface area contributed by atoms with Gasteiger partial charge < -0.3 is 14.6 Å². The summed E-state index contributed by atoms with van der Waals surface area (Å²) >= 11 is 0. The van der Waals surface area contributed by atoms with E-state index >= 15 is 0 Å². The fourth-order valence-electron chi connectivity index (χ4n) is 1.09.